The van der Waals surface area contributed by atoms with Crippen LogP contribution in [0.25, 0.3) is 17.2 Å². The summed E-state index contributed by atoms with van der Waals surface area (Å²) in [6.45, 7) is 3.61. The van der Waals surface area contributed by atoms with Crippen molar-refractivity contribution in [2.45, 2.75) is 25.4 Å². The molecule has 8 nitrogen and oxygen atoms in total. The lowest BCUT2D eigenvalue weighted by Crippen LogP contribution is -2.37. The number of aromatic nitrogens is 3. The molecule has 1 amide bonds. The lowest BCUT2D eigenvalue weighted by molar-refractivity contribution is -0.114. The topological polar surface area (TPSA) is 89.5 Å². The third-order valence-electron chi connectivity index (χ3n) is 6.11. The smallest absolute Gasteiger partial charge is 0.265 e. The van der Waals surface area contributed by atoms with Gasteiger partial charge >= 0.3 is 0 Å². The highest BCUT2D eigenvalue weighted by molar-refractivity contribution is 6.03. The number of nitrogens with two attached hydrogens (primary N) is 1. The molecule has 1 aliphatic carbocycles. The molecule has 5 rings (SSSR count). The van der Waals surface area contributed by atoms with Crippen molar-refractivity contribution in [1.82, 2.24) is 19.7 Å². The molecule has 2 aromatic heterocycles. The van der Waals surface area contributed by atoms with E-state index in [2.05, 4.69) is 15.0 Å². The average molecular weight is 463 g/mol. The second-order valence-electron chi connectivity index (χ2n) is 8.62. The molecule has 2 aliphatic rings. The van der Waals surface area contributed by atoms with Gasteiger partial charge in [-0.05, 0) is 48.2 Å². The largest absolute Gasteiger partial charge is 0.379 e. The van der Waals surface area contributed by atoms with Crippen LogP contribution in [0.2, 0.25) is 0 Å². The van der Waals surface area contributed by atoms with E-state index in [1.165, 1.54) is 12.1 Å². The number of hydrazine groups is 1. The van der Waals surface area contributed by atoms with Gasteiger partial charge in [-0.3, -0.25) is 19.4 Å². The Hall–Kier alpha value is -3.40. The number of pyridine rings is 1. The van der Waals surface area contributed by atoms with Crippen LogP contribution in [-0.2, 0) is 16.1 Å². The van der Waals surface area contributed by atoms with Crippen molar-refractivity contribution in [3.8, 4) is 11.1 Å². The number of hydrogen-bond donors (Lipinski definition) is 1. The standard InChI is InChI=1S/C25H27FN6O2/c26-23-13-18(16-30-9-11-34-12-10-30)1-5-24(23)32(27)25(33)6-2-19-14-28-8-7-22(19)20-15-29-31(17-20)21-3-4-21/h1-2,5-8,13-15,17,21H,3-4,9-12,16,27H2/b6-2+. The van der Waals surface area contributed by atoms with Crippen molar-refractivity contribution < 1.29 is 13.9 Å². The Morgan fingerprint density at radius 2 is 2.06 bits per heavy atom. The fourth-order valence-corrected chi connectivity index (χ4v) is 4.04. The Bertz CT molecular complexity index is 1200. The minimum Gasteiger partial charge on any atom is -0.379 e. The molecule has 34 heavy (non-hydrogen) atoms. The van der Waals surface area contributed by atoms with E-state index in [9.17, 15) is 9.18 Å². The van der Waals surface area contributed by atoms with Gasteiger partial charge in [0.2, 0.25) is 0 Å². The van der Waals surface area contributed by atoms with Crippen LogP contribution in [0.15, 0.2) is 55.1 Å². The van der Waals surface area contributed by atoms with Crippen LogP contribution in [0, 0.1) is 5.82 Å². The van der Waals surface area contributed by atoms with Gasteiger partial charge in [0.25, 0.3) is 5.91 Å². The summed E-state index contributed by atoms with van der Waals surface area (Å²) in [6.07, 6.45) is 12.5. The number of carbonyl (C=O) groups excluding carboxylic acids is 1. The summed E-state index contributed by atoms with van der Waals surface area (Å²) >= 11 is 0. The molecule has 9 heteroatoms. The maximum atomic E-state index is 14.8. The first-order chi connectivity index (χ1) is 16.6. The van der Waals surface area contributed by atoms with Gasteiger partial charge in [0, 0.05) is 55.4 Å². The summed E-state index contributed by atoms with van der Waals surface area (Å²) in [5.74, 6) is 4.89. The molecule has 1 aromatic carbocycles. The SMILES string of the molecule is NN(C(=O)/C=C/c1cnccc1-c1cnn(C2CC2)c1)c1ccc(CN2CCOCC2)cc1F. The quantitative estimate of drug-likeness (QED) is 0.251. The number of hydrogen-bond acceptors (Lipinski definition) is 6. The van der Waals surface area contributed by atoms with Crippen molar-refractivity contribution in [3.05, 3.63) is 72.1 Å². The second kappa shape index (κ2) is 9.84. The zero-order chi connectivity index (χ0) is 23.5. The number of carbonyl (C=O) groups is 1. The Morgan fingerprint density at radius 3 is 2.82 bits per heavy atom. The molecule has 1 saturated heterocycles. The molecule has 2 N–H and O–H groups in total. The number of amides is 1. The normalized spacial score (nSPS) is 16.8. The molecular weight excluding hydrogens is 435 g/mol. The highest BCUT2D eigenvalue weighted by atomic mass is 19.1. The summed E-state index contributed by atoms with van der Waals surface area (Å²) in [5.41, 5.74) is 3.46. The second-order valence-corrected chi connectivity index (χ2v) is 8.62. The highest BCUT2D eigenvalue weighted by Gasteiger charge is 2.24. The van der Waals surface area contributed by atoms with E-state index >= 15 is 0 Å². The summed E-state index contributed by atoms with van der Waals surface area (Å²) in [4.78, 5) is 19.1. The van der Waals surface area contributed by atoms with Gasteiger partial charge in [0.05, 0.1) is 31.1 Å². The number of rotatable bonds is 7. The molecule has 176 valence electrons. The number of anilines is 1. The number of ether oxygens (including phenoxy) is 1. The fourth-order valence-electron chi connectivity index (χ4n) is 4.04. The van der Waals surface area contributed by atoms with Gasteiger partial charge in [0.1, 0.15) is 5.82 Å². The van der Waals surface area contributed by atoms with Crippen LogP contribution in [0.5, 0.6) is 0 Å². The predicted octanol–water partition coefficient (Wildman–Crippen LogP) is 3.17. The maximum absolute atomic E-state index is 14.8. The van der Waals surface area contributed by atoms with Crippen LogP contribution in [0.3, 0.4) is 0 Å². The Balaban J connectivity index is 1.28. The van der Waals surface area contributed by atoms with Gasteiger partial charge in [0.15, 0.2) is 0 Å². The van der Waals surface area contributed by atoms with Gasteiger partial charge in [-0.1, -0.05) is 6.07 Å². The van der Waals surface area contributed by atoms with Crippen LogP contribution in [-0.4, -0.2) is 51.9 Å². The molecule has 1 saturated carbocycles. The first-order valence-corrected chi connectivity index (χ1v) is 11.4. The molecule has 3 heterocycles. The van der Waals surface area contributed by atoms with E-state index < -0.39 is 11.7 Å². The molecule has 0 spiro atoms. The Labute approximate surface area is 197 Å². The summed E-state index contributed by atoms with van der Waals surface area (Å²) < 4.78 is 22.1. The monoisotopic (exact) mass is 462 g/mol. The van der Waals surface area contributed by atoms with Crippen LogP contribution < -0.4 is 10.9 Å². The minimum absolute atomic E-state index is 0.0255. The van der Waals surface area contributed by atoms with E-state index in [1.807, 2.05) is 23.1 Å². The van der Waals surface area contributed by atoms with Crippen molar-refractivity contribution in [3.63, 3.8) is 0 Å². The predicted molar refractivity (Wildman–Crippen MR) is 127 cm³/mol. The summed E-state index contributed by atoms with van der Waals surface area (Å²) in [5, 5.41) is 5.26. The molecule has 0 radical (unpaired) electrons. The van der Waals surface area contributed by atoms with Gasteiger partial charge in [-0.2, -0.15) is 5.10 Å². The van der Waals surface area contributed by atoms with E-state index in [1.54, 1.807) is 30.6 Å². The fraction of sp³-hybridized carbons (Fsp3) is 0.320. The highest BCUT2D eigenvalue weighted by Crippen LogP contribution is 2.35. The Morgan fingerprint density at radius 1 is 1.24 bits per heavy atom. The van der Waals surface area contributed by atoms with Crippen LogP contribution in [0.1, 0.15) is 30.0 Å². The summed E-state index contributed by atoms with van der Waals surface area (Å²) in [6, 6.07) is 7.13. The van der Waals surface area contributed by atoms with Crippen LogP contribution >= 0.6 is 0 Å². The maximum Gasteiger partial charge on any atom is 0.265 e. The zero-order valence-electron chi connectivity index (χ0n) is 18.8. The van der Waals surface area contributed by atoms with E-state index in [0.717, 1.165) is 53.2 Å². The third-order valence-corrected chi connectivity index (χ3v) is 6.11. The van der Waals surface area contributed by atoms with E-state index in [-0.39, 0.29) is 5.69 Å². The van der Waals surface area contributed by atoms with Gasteiger partial charge < -0.3 is 4.74 Å². The summed E-state index contributed by atoms with van der Waals surface area (Å²) in [7, 11) is 0. The molecular formula is C25H27FN6O2. The minimum atomic E-state index is -0.539. The first kappa shape index (κ1) is 22.4. The van der Waals surface area contributed by atoms with Crippen molar-refractivity contribution in [2.24, 2.45) is 5.84 Å². The lowest BCUT2D eigenvalue weighted by atomic mass is 10.0. The zero-order valence-corrected chi connectivity index (χ0v) is 18.8. The van der Waals surface area contributed by atoms with Crippen molar-refractivity contribution in [2.75, 3.05) is 31.3 Å². The van der Waals surface area contributed by atoms with Crippen LogP contribution in [0.4, 0.5) is 10.1 Å². The number of nitrogens with zero attached hydrogens (tertiary/aromatic N) is 5. The molecule has 0 bridgehead atoms. The molecule has 1 aliphatic heterocycles. The first-order valence-electron chi connectivity index (χ1n) is 11.4. The van der Waals surface area contributed by atoms with Crippen molar-refractivity contribution in [1.29, 1.82) is 0 Å². The lowest BCUT2D eigenvalue weighted by Gasteiger charge is -2.26. The Kier molecular flexibility index (Phi) is 6.48. The van der Waals surface area contributed by atoms with E-state index in [0.29, 0.717) is 25.8 Å². The molecule has 2 fully saturated rings. The molecule has 0 unspecified atom stereocenters. The van der Waals surface area contributed by atoms with Gasteiger partial charge in [-0.15, -0.1) is 0 Å². The van der Waals surface area contributed by atoms with E-state index in [4.69, 9.17) is 10.6 Å². The van der Waals surface area contributed by atoms with Crippen molar-refractivity contribution >= 4 is 17.7 Å². The van der Waals surface area contributed by atoms with Gasteiger partial charge in [-0.25, -0.2) is 15.2 Å². The number of morpholine rings is 1. The number of halogens is 1. The molecule has 3 aromatic rings. The number of benzene rings is 1. The third kappa shape index (κ3) is 5.06. The molecule has 0 atom stereocenters. The average Bonchev–Trinajstić information content (AvgIpc) is 3.59.